The molecule has 1 aromatic carbocycles. The number of nitrogens with zero attached hydrogens (tertiary/aromatic N) is 2. The molecule has 1 heterocycles. The van der Waals surface area contributed by atoms with E-state index in [0.717, 1.165) is 18.9 Å². The molecule has 0 atom stereocenters. The largest absolute Gasteiger partial charge is 0.485 e. The van der Waals surface area contributed by atoms with Gasteiger partial charge >= 0.3 is 0 Å². The van der Waals surface area contributed by atoms with Crippen molar-refractivity contribution in [2.24, 2.45) is 11.7 Å². The molecule has 0 saturated heterocycles. The Bertz CT molecular complexity index is 701. The minimum atomic E-state index is -0.760. The Hall–Kier alpha value is -2.28. The zero-order valence-corrected chi connectivity index (χ0v) is 11.2. The average Bonchev–Trinajstić information content (AvgIpc) is 2.43. The van der Waals surface area contributed by atoms with E-state index in [9.17, 15) is 14.5 Å². The van der Waals surface area contributed by atoms with Crippen molar-refractivity contribution in [2.45, 2.75) is 18.9 Å². The molecule has 1 aromatic heterocycles. The maximum Gasteiger partial charge on any atom is 0.281 e. The van der Waals surface area contributed by atoms with Crippen LogP contribution >= 0.6 is 0 Å². The van der Waals surface area contributed by atoms with E-state index in [1.165, 1.54) is 12.3 Å². The average molecular weight is 291 g/mol. The maximum absolute atomic E-state index is 14.1. The topological polar surface area (TPSA) is 91.3 Å². The van der Waals surface area contributed by atoms with Crippen molar-refractivity contribution in [1.29, 1.82) is 0 Å². The molecule has 0 bridgehead atoms. The summed E-state index contributed by atoms with van der Waals surface area (Å²) in [6, 6.07) is 4.00. The second kappa shape index (κ2) is 5.25. The number of ether oxygens (including phenoxy) is 1. The molecule has 6 nitrogen and oxygen atoms in total. The summed E-state index contributed by atoms with van der Waals surface area (Å²) in [7, 11) is 0. The number of non-ortho nitro benzene ring substituents is 1. The van der Waals surface area contributed by atoms with Gasteiger partial charge in [-0.1, -0.05) is 0 Å². The molecule has 1 aliphatic carbocycles. The van der Waals surface area contributed by atoms with Crippen LogP contribution in [0.15, 0.2) is 24.4 Å². The summed E-state index contributed by atoms with van der Waals surface area (Å²) >= 11 is 0. The Morgan fingerprint density at radius 1 is 1.52 bits per heavy atom. The summed E-state index contributed by atoms with van der Waals surface area (Å²) in [6.45, 7) is 0.585. The van der Waals surface area contributed by atoms with E-state index in [-0.39, 0.29) is 28.4 Å². The van der Waals surface area contributed by atoms with Crippen LogP contribution in [0.25, 0.3) is 10.9 Å². The van der Waals surface area contributed by atoms with Crippen molar-refractivity contribution in [2.75, 3.05) is 6.54 Å². The highest BCUT2D eigenvalue weighted by Gasteiger charge is 2.32. The Morgan fingerprint density at radius 2 is 2.29 bits per heavy atom. The van der Waals surface area contributed by atoms with Gasteiger partial charge < -0.3 is 10.5 Å². The first-order valence-corrected chi connectivity index (χ1v) is 6.68. The number of rotatable bonds is 4. The van der Waals surface area contributed by atoms with E-state index in [1.807, 2.05) is 0 Å². The molecule has 110 valence electrons. The van der Waals surface area contributed by atoms with Crippen molar-refractivity contribution < 1.29 is 14.1 Å². The molecule has 1 saturated carbocycles. The third kappa shape index (κ3) is 2.40. The van der Waals surface area contributed by atoms with Crippen LogP contribution in [-0.2, 0) is 0 Å². The highest BCUT2D eigenvalue weighted by molar-refractivity contribution is 5.92. The normalized spacial score (nSPS) is 21.0. The van der Waals surface area contributed by atoms with Crippen LogP contribution in [-0.4, -0.2) is 22.6 Å². The predicted octanol–water partition coefficient (Wildman–Crippen LogP) is 2.40. The van der Waals surface area contributed by atoms with Gasteiger partial charge in [0.2, 0.25) is 0 Å². The fraction of sp³-hybridized carbons (Fsp3) is 0.357. The van der Waals surface area contributed by atoms with Gasteiger partial charge in [-0.15, -0.1) is 0 Å². The number of halogens is 1. The van der Waals surface area contributed by atoms with Crippen LogP contribution < -0.4 is 10.5 Å². The zero-order chi connectivity index (χ0) is 15.0. The van der Waals surface area contributed by atoms with Crippen LogP contribution in [0.2, 0.25) is 0 Å². The number of pyridine rings is 1. The van der Waals surface area contributed by atoms with Gasteiger partial charge in [-0.3, -0.25) is 15.1 Å². The van der Waals surface area contributed by atoms with Crippen LogP contribution in [0.5, 0.6) is 5.75 Å². The SMILES string of the molecule is NCC1CC(Oc2c(F)cc([N+](=O)[O-])c3cccnc23)C1. The second-order valence-electron chi connectivity index (χ2n) is 5.18. The van der Waals surface area contributed by atoms with Crippen molar-refractivity contribution in [1.82, 2.24) is 4.98 Å². The van der Waals surface area contributed by atoms with Gasteiger partial charge in [-0.25, -0.2) is 4.39 Å². The number of nitro groups is 1. The molecule has 0 unspecified atom stereocenters. The predicted molar refractivity (Wildman–Crippen MR) is 74.5 cm³/mol. The summed E-state index contributed by atoms with van der Waals surface area (Å²) in [5.74, 6) is -0.379. The Balaban J connectivity index is 2.01. The third-order valence-corrected chi connectivity index (χ3v) is 3.79. The van der Waals surface area contributed by atoms with Gasteiger partial charge in [0.1, 0.15) is 5.52 Å². The molecular formula is C14H14FN3O3. The van der Waals surface area contributed by atoms with E-state index >= 15 is 0 Å². The molecule has 0 aliphatic heterocycles. The van der Waals surface area contributed by atoms with Crippen molar-refractivity contribution in [3.05, 3.63) is 40.3 Å². The van der Waals surface area contributed by atoms with Crippen LogP contribution in [0.1, 0.15) is 12.8 Å². The van der Waals surface area contributed by atoms with Crippen LogP contribution in [0.3, 0.4) is 0 Å². The van der Waals surface area contributed by atoms with Gasteiger partial charge in [-0.05, 0) is 37.4 Å². The summed E-state index contributed by atoms with van der Waals surface area (Å²) in [5.41, 5.74) is 5.42. The summed E-state index contributed by atoms with van der Waals surface area (Å²) < 4.78 is 19.8. The first-order chi connectivity index (χ1) is 10.1. The lowest BCUT2D eigenvalue weighted by Gasteiger charge is -2.34. The number of nitro benzene ring substituents is 1. The molecule has 1 aliphatic rings. The molecule has 2 aromatic rings. The first-order valence-electron chi connectivity index (χ1n) is 6.68. The summed E-state index contributed by atoms with van der Waals surface area (Å²) in [6.07, 6.45) is 2.88. The van der Waals surface area contributed by atoms with Crippen LogP contribution in [0.4, 0.5) is 10.1 Å². The summed E-state index contributed by atoms with van der Waals surface area (Å²) in [5, 5.41) is 11.3. The monoisotopic (exact) mass is 291 g/mol. The molecule has 0 spiro atoms. The molecule has 21 heavy (non-hydrogen) atoms. The quantitative estimate of drug-likeness (QED) is 0.690. The Kier molecular flexibility index (Phi) is 3.42. The van der Waals surface area contributed by atoms with Crippen molar-refractivity contribution >= 4 is 16.6 Å². The molecule has 1 fully saturated rings. The smallest absolute Gasteiger partial charge is 0.281 e. The van der Waals surface area contributed by atoms with E-state index < -0.39 is 10.7 Å². The summed E-state index contributed by atoms with van der Waals surface area (Å²) in [4.78, 5) is 14.4. The maximum atomic E-state index is 14.1. The van der Waals surface area contributed by atoms with E-state index in [1.54, 1.807) is 6.07 Å². The standard InChI is InChI=1S/C14H14FN3O3/c15-11-6-12(18(19)20)10-2-1-3-17-13(10)14(11)21-9-4-8(5-9)7-16/h1-3,6,8-9H,4-5,7,16H2. The lowest BCUT2D eigenvalue weighted by atomic mass is 9.82. The minimum absolute atomic E-state index is 0.0170. The van der Waals surface area contributed by atoms with E-state index in [0.29, 0.717) is 12.5 Å². The second-order valence-corrected chi connectivity index (χ2v) is 5.18. The molecule has 7 heteroatoms. The van der Waals surface area contributed by atoms with Gasteiger partial charge in [0.25, 0.3) is 5.69 Å². The lowest BCUT2D eigenvalue weighted by molar-refractivity contribution is -0.383. The molecule has 0 radical (unpaired) electrons. The molecule has 0 amide bonds. The number of hydrogen-bond acceptors (Lipinski definition) is 5. The van der Waals surface area contributed by atoms with Crippen LogP contribution in [0, 0.1) is 21.8 Å². The van der Waals surface area contributed by atoms with Crippen molar-refractivity contribution in [3.8, 4) is 5.75 Å². The molecule has 3 rings (SSSR count). The zero-order valence-electron chi connectivity index (χ0n) is 11.2. The third-order valence-electron chi connectivity index (χ3n) is 3.79. The van der Waals surface area contributed by atoms with E-state index in [4.69, 9.17) is 10.5 Å². The number of aromatic nitrogens is 1. The van der Waals surface area contributed by atoms with E-state index in [2.05, 4.69) is 4.98 Å². The van der Waals surface area contributed by atoms with Gasteiger partial charge in [0.05, 0.1) is 22.5 Å². The van der Waals surface area contributed by atoms with Crippen molar-refractivity contribution in [3.63, 3.8) is 0 Å². The number of hydrogen-bond donors (Lipinski definition) is 1. The number of nitrogens with two attached hydrogens (primary N) is 1. The van der Waals surface area contributed by atoms with Gasteiger partial charge in [-0.2, -0.15) is 0 Å². The molecule has 2 N–H and O–H groups in total. The number of benzene rings is 1. The highest BCUT2D eigenvalue weighted by atomic mass is 19.1. The Labute approximate surface area is 119 Å². The lowest BCUT2D eigenvalue weighted by Crippen LogP contribution is -2.38. The Morgan fingerprint density at radius 3 is 2.95 bits per heavy atom. The highest BCUT2D eigenvalue weighted by Crippen LogP contribution is 2.38. The number of fused-ring (bicyclic) bond motifs is 1. The molecular weight excluding hydrogens is 277 g/mol. The fourth-order valence-electron chi connectivity index (χ4n) is 2.56. The minimum Gasteiger partial charge on any atom is -0.485 e. The first kappa shape index (κ1) is 13.7. The fourth-order valence-corrected chi connectivity index (χ4v) is 2.56. The van der Waals surface area contributed by atoms with Gasteiger partial charge in [0.15, 0.2) is 11.6 Å². The van der Waals surface area contributed by atoms with Gasteiger partial charge in [0, 0.05) is 6.20 Å².